The number of benzene rings is 7. The summed E-state index contributed by atoms with van der Waals surface area (Å²) in [6.45, 7) is 2.26. The molecule has 0 aromatic heterocycles. The van der Waals surface area contributed by atoms with Crippen LogP contribution >= 0.6 is 11.8 Å². The van der Waals surface area contributed by atoms with Crippen LogP contribution in [0.15, 0.2) is 149 Å². The Hall–Kier alpha value is -4.59. The second kappa shape index (κ2) is 8.46. The van der Waals surface area contributed by atoms with E-state index in [4.69, 9.17) is 0 Å². The highest BCUT2D eigenvalue weighted by Gasteiger charge is 2.50. The molecule has 1 heterocycles. The van der Waals surface area contributed by atoms with Gasteiger partial charge in [-0.1, -0.05) is 151 Å². The maximum atomic E-state index is 2.46. The van der Waals surface area contributed by atoms with Crippen LogP contribution in [0.25, 0.3) is 43.8 Å². The summed E-state index contributed by atoms with van der Waals surface area (Å²) in [6, 6.07) is 52.2. The van der Waals surface area contributed by atoms with Gasteiger partial charge in [-0.25, -0.2) is 0 Å². The average molecular weight is 539 g/mol. The molecule has 0 N–H and O–H groups in total. The van der Waals surface area contributed by atoms with Crippen LogP contribution in [-0.2, 0) is 5.41 Å². The molecule has 0 atom stereocenters. The zero-order valence-corrected chi connectivity index (χ0v) is 23.5. The first-order chi connectivity index (χ1) is 20.2. The summed E-state index contributed by atoms with van der Waals surface area (Å²) in [4.78, 5) is 2.70. The van der Waals surface area contributed by atoms with Crippen molar-refractivity contribution in [3.63, 3.8) is 0 Å². The number of hydrogen-bond acceptors (Lipinski definition) is 1. The molecule has 41 heavy (non-hydrogen) atoms. The summed E-state index contributed by atoms with van der Waals surface area (Å²) in [5.41, 5.74) is 11.8. The molecule has 0 unspecified atom stereocenters. The summed E-state index contributed by atoms with van der Waals surface area (Å²) in [6.07, 6.45) is 0. The van der Waals surface area contributed by atoms with E-state index in [1.807, 2.05) is 11.8 Å². The Balaban J connectivity index is 1.43. The zero-order valence-electron chi connectivity index (χ0n) is 22.7. The molecule has 2 aliphatic rings. The van der Waals surface area contributed by atoms with Crippen LogP contribution in [0, 0.1) is 6.92 Å². The van der Waals surface area contributed by atoms with Gasteiger partial charge in [-0.15, -0.1) is 0 Å². The fourth-order valence-corrected chi connectivity index (χ4v) is 8.87. The Labute approximate surface area is 244 Å². The highest BCUT2D eigenvalue weighted by Crippen LogP contribution is 2.63. The highest BCUT2D eigenvalue weighted by molar-refractivity contribution is 7.99. The molecule has 1 heteroatoms. The molecule has 0 radical (unpaired) electrons. The molecule has 0 saturated heterocycles. The standard InChI is InChI=1S/C40H26S/c1-25-23-33(29-16-10-15-28-27-12-3-2-11-26(27)21-22-30(28)29)39-37(24-25)40(36-19-8-9-20-38(36)41-39)34-17-6-4-13-31(34)32-14-5-7-18-35(32)40/h2-24H,1H3. The molecule has 7 aromatic carbocycles. The predicted octanol–water partition coefficient (Wildman–Crippen LogP) is 10.8. The third-order valence-corrected chi connectivity index (χ3v) is 10.4. The van der Waals surface area contributed by atoms with Crippen molar-refractivity contribution in [1.29, 1.82) is 0 Å². The quantitative estimate of drug-likeness (QED) is 0.187. The second-order valence-electron chi connectivity index (χ2n) is 11.3. The van der Waals surface area contributed by atoms with E-state index in [9.17, 15) is 0 Å². The predicted molar refractivity (Wildman–Crippen MR) is 173 cm³/mol. The van der Waals surface area contributed by atoms with Crippen LogP contribution in [0.3, 0.4) is 0 Å². The van der Waals surface area contributed by atoms with Gasteiger partial charge in [0.2, 0.25) is 0 Å². The first kappa shape index (κ1) is 23.1. The summed E-state index contributed by atoms with van der Waals surface area (Å²) >= 11 is 1.93. The van der Waals surface area contributed by atoms with Gasteiger partial charge in [-0.2, -0.15) is 0 Å². The van der Waals surface area contributed by atoms with Gasteiger partial charge in [-0.3, -0.25) is 0 Å². The lowest BCUT2D eigenvalue weighted by Gasteiger charge is -2.40. The fraction of sp³-hybridized carbons (Fsp3) is 0.0500. The average Bonchev–Trinajstić information content (AvgIpc) is 3.32. The van der Waals surface area contributed by atoms with Crippen LogP contribution in [0.5, 0.6) is 0 Å². The Kier molecular flexibility index (Phi) is 4.77. The van der Waals surface area contributed by atoms with E-state index in [-0.39, 0.29) is 5.41 Å². The molecule has 1 spiro atoms. The molecule has 0 saturated carbocycles. The molecule has 0 amide bonds. The third kappa shape index (κ3) is 3.02. The Morgan fingerprint density at radius 3 is 1.88 bits per heavy atom. The van der Waals surface area contributed by atoms with E-state index in [0.717, 1.165) is 0 Å². The lowest BCUT2D eigenvalue weighted by Crippen LogP contribution is -2.32. The maximum absolute atomic E-state index is 2.46. The summed E-state index contributed by atoms with van der Waals surface area (Å²) < 4.78 is 0. The topological polar surface area (TPSA) is 0 Å². The minimum Gasteiger partial charge on any atom is -0.0887 e. The molecular formula is C40H26S. The summed E-state index contributed by atoms with van der Waals surface area (Å²) in [5, 5.41) is 5.20. The summed E-state index contributed by atoms with van der Waals surface area (Å²) in [7, 11) is 0. The van der Waals surface area contributed by atoms with Crippen molar-refractivity contribution in [2.45, 2.75) is 22.1 Å². The van der Waals surface area contributed by atoms with Crippen molar-refractivity contribution >= 4 is 33.3 Å². The van der Waals surface area contributed by atoms with Crippen LogP contribution in [-0.4, -0.2) is 0 Å². The van der Waals surface area contributed by atoms with E-state index in [0.29, 0.717) is 0 Å². The maximum Gasteiger partial charge on any atom is 0.0735 e. The van der Waals surface area contributed by atoms with E-state index in [2.05, 4.69) is 146 Å². The molecule has 0 nitrogen and oxygen atoms in total. The molecule has 1 aliphatic carbocycles. The number of fused-ring (bicyclic) bond motifs is 12. The van der Waals surface area contributed by atoms with Crippen LogP contribution < -0.4 is 0 Å². The van der Waals surface area contributed by atoms with E-state index >= 15 is 0 Å². The zero-order chi connectivity index (χ0) is 27.1. The number of aryl methyl sites for hydroxylation is 1. The van der Waals surface area contributed by atoms with Crippen molar-refractivity contribution in [1.82, 2.24) is 0 Å². The smallest absolute Gasteiger partial charge is 0.0735 e. The minimum absolute atomic E-state index is 0.359. The van der Waals surface area contributed by atoms with Gasteiger partial charge < -0.3 is 0 Å². The second-order valence-corrected chi connectivity index (χ2v) is 12.4. The highest BCUT2D eigenvalue weighted by atomic mass is 32.2. The molecular weight excluding hydrogens is 513 g/mol. The van der Waals surface area contributed by atoms with E-state index < -0.39 is 0 Å². The monoisotopic (exact) mass is 538 g/mol. The van der Waals surface area contributed by atoms with Crippen molar-refractivity contribution in [2.24, 2.45) is 0 Å². The van der Waals surface area contributed by atoms with Gasteiger partial charge >= 0.3 is 0 Å². The Morgan fingerprint density at radius 1 is 0.439 bits per heavy atom. The van der Waals surface area contributed by atoms with Crippen LogP contribution in [0.1, 0.15) is 27.8 Å². The lowest BCUT2D eigenvalue weighted by molar-refractivity contribution is 0.722. The van der Waals surface area contributed by atoms with Gasteiger partial charge in [0, 0.05) is 9.79 Å². The molecule has 9 rings (SSSR count). The fourth-order valence-electron chi connectivity index (χ4n) is 7.57. The Morgan fingerprint density at radius 2 is 1.07 bits per heavy atom. The minimum atomic E-state index is -0.359. The first-order valence-electron chi connectivity index (χ1n) is 14.3. The first-order valence-corrected chi connectivity index (χ1v) is 15.1. The molecule has 1 aliphatic heterocycles. The molecule has 0 bridgehead atoms. The SMILES string of the molecule is Cc1cc(-c2cccc3c2ccc2ccccc23)c2c(c1)C1(c3ccccc3S2)c2ccccc2-c2ccccc21. The summed E-state index contributed by atoms with van der Waals surface area (Å²) in [5.74, 6) is 0. The largest absolute Gasteiger partial charge is 0.0887 e. The van der Waals surface area contributed by atoms with Crippen molar-refractivity contribution in [3.05, 3.63) is 167 Å². The molecule has 192 valence electrons. The van der Waals surface area contributed by atoms with Gasteiger partial charge in [0.05, 0.1) is 5.41 Å². The Bertz CT molecular complexity index is 2160. The molecule has 0 fully saturated rings. The van der Waals surface area contributed by atoms with Gasteiger partial charge in [0.25, 0.3) is 0 Å². The van der Waals surface area contributed by atoms with Crippen molar-refractivity contribution < 1.29 is 0 Å². The van der Waals surface area contributed by atoms with Gasteiger partial charge in [0.1, 0.15) is 0 Å². The van der Waals surface area contributed by atoms with Crippen molar-refractivity contribution in [3.8, 4) is 22.3 Å². The normalized spacial score (nSPS) is 14.1. The van der Waals surface area contributed by atoms with Crippen LogP contribution in [0.2, 0.25) is 0 Å². The third-order valence-electron chi connectivity index (χ3n) is 9.17. The lowest BCUT2D eigenvalue weighted by atomic mass is 9.66. The van der Waals surface area contributed by atoms with Crippen molar-refractivity contribution in [2.75, 3.05) is 0 Å². The van der Waals surface area contributed by atoms with Crippen LogP contribution in [0.4, 0.5) is 0 Å². The number of hydrogen-bond donors (Lipinski definition) is 0. The van der Waals surface area contributed by atoms with Gasteiger partial charge in [-0.05, 0) is 79.0 Å². The molecule has 7 aromatic rings. The van der Waals surface area contributed by atoms with E-state index in [1.54, 1.807) is 0 Å². The number of rotatable bonds is 1. The van der Waals surface area contributed by atoms with E-state index in [1.165, 1.54) is 81.4 Å². The van der Waals surface area contributed by atoms with Gasteiger partial charge in [0.15, 0.2) is 0 Å².